The Morgan fingerprint density at radius 2 is 2.12 bits per heavy atom. The third kappa shape index (κ3) is 3.89. The first-order valence-electron chi connectivity index (χ1n) is 8.88. The van der Waals surface area contributed by atoms with Gasteiger partial charge in [0, 0.05) is 18.2 Å². The van der Waals surface area contributed by atoms with Gasteiger partial charge in [-0.3, -0.25) is 9.59 Å². The fourth-order valence-corrected chi connectivity index (χ4v) is 3.63. The van der Waals surface area contributed by atoms with Crippen molar-refractivity contribution in [3.63, 3.8) is 0 Å². The SMILES string of the molecule is CC1CCCC(NC(=O)COc2ccc3c(c2)CCC(=O)N3)C1C. The molecule has 1 aliphatic carbocycles. The number of carbonyl (C=O) groups excluding carboxylic acids is 2. The van der Waals surface area contributed by atoms with Gasteiger partial charge in [0.05, 0.1) is 0 Å². The van der Waals surface area contributed by atoms with Crippen molar-refractivity contribution in [3.8, 4) is 5.75 Å². The van der Waals surface area contributed by atoms with Crippen molar-refractivity contribution in [2.45, 2.75) is 52.0 Å². The number of rotatable bonds is 4. The molecule has 5 nitrogen and oxygen atoms in total. The molecule has 3 rings (SSSR count). The van der Waals surface area contributed by atoms with Gasteiger partial charge in [-0.25, -0.2) is 0 Å². The van der Waals surface area contributed by atoms with E-state index in [1.807, 2.05) is 12.1 Å². The van der Waals surface area contributed by atoms with Crippen molar-refractivity contribution in [2.24, 2.45) is 11.8 Å². The minimum Gasteiger partial charge on any atom is -0.484 e. The zero-order valence-corrected chi connectivity index (χ0v) is 14.4. The van der Waals surface area contributed by atoms with Gasteiger partial charge in [-0.1, -0.05) is 26.7 Å². The molecule has 0 aromatic heterocycles. The Labute approximate surface area is 143 Å². The van der Waals surface area contributed by atoms with E-state index in [1.54, 1.807) is 6.07 Å². The number of hydrogen-bond donors (Lipinski definition) is 2. The van der Waals surface area contributed by atoms with Crippen LogP contribution in [0.2, 0.25) is 0 Å². The van der Waals surface area contributed by atoms with Crippen LogP contribution >= 0.6 is 0 Å². The normalized spacial score (nSPS) is 26.2. The first-order valence-corrected chi connectivity index (χ1v) is 8.88. The minimum absolute atomic E-state index is 0.0305. The van der Waals surface area contributed by atoms with E-state index in [2.05, 4.69) is 24.5 Å². The van der Waals surface area contributed by atoms with E-state index in [-0.39, 0.29) is 24.5 Å². The van der Waals surface area contributed by atoms with E-state index < -0.39 is 0 Å². The summed E-state index contributed by atoms with van der Waals surface area (Å²) >= 11 is 0. The van der Waals surface area contributed by atoms with E-state index in [9.17, 15) is 9.59 Å². The molecule has 0 spiro atoms. The van der Waals surface area contributed by atoms with Crippen molar-refractivity contribution in [3.05, 3.63) is 23.8 Å². The molecule has 1 aliphatic heterocycles. The van der Waals surface area contributed by atoms with Crippen molar-refractivity contribution in [1.82, 2.24) is 5.32 Å². The number of nitrogens with one attached hydrogen (secondary N) is 2. The average Bonchev–Trinajstić information content (AvgIpc) is 2.57. The van der Waals surface area contributed by atoms with Crippen LogP contribution in [-0.4, -0.2) is 24.5 Å². The number of anilines is 1. The minimum atomic E-state index is -0.0630. The maximum Gasteiger partial charge on any atom is 0.258 e. The Hall–Kier alpha value is -2.04. The molecule has 5 heteroatoms. The molecular weight excluding hydrogens is 304 g/mol. The molecule has 130 valence electrons. The van der Waals surface area contributed by atoms with Crippen molar-refractivity contribution in [2.75, 3.05) is 11.9 Å². The van der Waals surface area contributed by atoms with E-state index in [0.29, 0.717) is 30.4 Å². The molecule has 2 amide bonds. The molecule has 1 saturated carbocycles. The lowest BCUT2D eigenvalue weighted by molar-refractivity contribution is -0.124. The molecule has 24 heavy (non-hydrogen) atoms. The highest BCUT2D eigenvalue weighted by Crippen LogP contribution is 2.29. The molecule has 0 radical (unpaired) electrons. The maximum atomic E-state index is 12.2. The Balaban J connectivity index is 1.52. The smallest absolute Gasteiger partial charge is 0.258 e. The molecule has 1 aromatic rings. The van der Waals surface area contributed by atoms with Crippen LogP contribution in [0.15, 0.2) is 18.2 Å². The molecule has 2 aliphatic rings. The van der Waals surface area contributed by atoms with Gasteiger partial charge in [-0.15, -0.1) is 0 Å². The lowest BCUT2D eigenvalue weighted by Gasteiger charge is -2.34. The van der Waals surface area contributed by atoms with Crippen LogP contribution in [0.3, 0.4) is 0 Å². The van der Waals surface area contributed by atoms with Crippen LogP contribution in [0, 0.1) is 11.8 Å². The van der Waals surface area contributed by atoms with Crippen molar-refractivity contribution in [1.29, 1.82) is 0 Å². The second-order valence-corrected chi connectivity index (χ2v) is 7.10. The first kappa shape index (κ1) is 16.8. The highest BCUT2D eigenvalue weighted by Gasteiger charge is 2.28. The van der Waals surface area contributed by atoms with Gasteiger partial charge in [0.2, 0.25) is 5.91 Å². The summed E-state index contributed by atoms with van der Waals surface area (Å²) in [7, 11) is 0. The molecule has 1 aromatic carbocycles. The Morgan fingerprint density at radius 3 is 2.96 bits per heavy atom. The van der Waals surface area contributed by atoms with Crippen LogP contribution in [0.25, 0.3) is 0 Å². The Bertz CT molecular complexity index is 629. The summed E-state index contributed by atoms with van der Waals surface area (Å²) in [6.07, 6.45) is 4.68. The highest BCUT2D eigenvalue weighted by molar-refractivity contribution is 5.94. The number of aryl methyl sites for hydroxylation is 1. The summed E-state index contributed by atoms with van der Waals surface area (Å²) in [6.45, 7) is 4.50. The summed E-state index contributed by atoms with van der Waals surface area (Å²) in [5.41, 5.74) is 1.90. The summed E-state index contributed by atoms with van der Waals surface area (Å²) < 4.78 is 5.64. The summed E-state index contributed by atoms with van der Waals surface area (Å²) in [4.78, 5) is 23.5. The quantitative estimate of drug-likeness (QED) is 0.892. The molecule has 1 heterocycles. The molecule has 2 N–H and O–H groups in total. The van der Waals surface area contributed by atoms with E-state index in [4.69, 9.17) is 4.74 Å². The lowest BCUT2D eigenvalue weighted by Crippen LogP contribution is -2.45. The lowest BCUT2D eigenvalue weighted by atomic mass is 9.78. The zero-order valence-electron chi connectivity index (χ0n) is 14.4. The second-order valence-electron chi connectivity index (χ2n) is 7.10. The van der Waals surface area contributed by atoms with E-state index >= 15 is 0 Å². The summed E-state index contributed by atoms with van der Waals surface area (Å²) in [5.74, 6) is 1.82. The Morgan fingerprint density at radius 1 is 1.29 bits per heavy atom. The monoisotopic (exact) mass is 330 g/mol. The molecule has 3 unspecified atom stereocenters. The standard InChI is InChI=1S/C19H26N2O3/c1-12-4-3-5-16(13(12)2)20-19(23)11-24-15-7-8-17-14(10-15)6-9-18(22)21-17/h7-8,10,12-13,16H,3-6,9,11H2,1-2H3,(H,20,23)(H,21,22). The van der Waals surface area contributed by atoms with Crippen LogP contribution < -0.4 is 15.4 Å². The highest BCUT2D eigenvalue weighted by atomic mass is 16.5. The third-order valence-electron chi connectivity index (χ3n) is 5.40. The van der Waals surface area contributed by atoms with Gasteiger partial charge in [0.15, 0.2) is 6.61 Å². The van der Waals surface area contributed by atoms with Crippen molar-refractivity contribution < 1.29 is 14.3 Å². The van der Waals surface area contributed by atoms with Gasteiger partial charge < -0.3 is 15.4 Å². The van der Waals surface area contributed by atoms with Gasteiger partial charge in [-0.05, 0) is 48.4 Å². The predicted octanol–water partition coefficient (Wildman–Crippen LogP) is 2.89. The summed E-state index contributed by atoms with van der Waals surface area (Å²) in [6, 6.07) is 5.80. The van der Waals surface area contributed by atoms with Gasteiger partial charge in [0.1, 0.15) is 5.75 Å². The Kier molecular flexibility index (Phi) is 5.07. The molecular formula is C19H26N2O3. The first-order chi connectivity index (χ1) is 11.5. The van der Waals surface area contributed by atoms with Gasteiger partial charge in [0.25, 0.3) is 5.91 Å². The van der Waals surface area contributed by atoms with Crippen LogP contribution in [0.1, 0.15) is 45.1 Å². The zero-order chi connectivity index (χ0) is 17.1. The topological polar surface area (TPSA) is 67.4 Å². The number of hydrogen-bond acceptors (Lipinski definition) is 3. The average molecular weight is 330 g/mol. The number of ether oxygens (including phenoxy) is 1. The molecule has 0 bridgehead atoms. The third-order valence-corrected chi connectivity index (χ3v) is 5.40. The van der Waals surface area contributed by atoms with Gasteiger partial charge >= 0.3 is 0 Å². The van der Waals surface area contributed by atoms with Crippen LogP contribution in [0.4, 0.5) is 5.69 Å². The van der Waals surface area contributed by atoms with Gasteiger partial charge in [-0.2, -0.15) is 0 Å². The van der Waals surface area contributed by atoms with Crippen LogP contribution in [-0.2, 0) is 16.0 Å². The molecule has 1 fully saturated rings. The van der Waals surface area contributed by atoms with Crippen LogP contribution in [0.5, 0.6) is 5.75 Å². The largest absolute Gasteiger partial charge is 0.484 e. The number of carbonyl (C=O) groups is 2. The number of benzene rings is 1. The fourth-order valence-electron chi connectivity index (χ4n) is 3.63. The second kappa shape index (κ2) is 7.24. The number of fused-ring (bicyclic) bond motifs is 1. The number of amides is 2. The predicted molar refractivity (Wildman–Crippen MR) is 93.0 cm³/mol. The van der Waals surface area contributed by atoms with E-state index in [1.165, 1.54) is 12.8 Å². The molecule has 0 saturated heterocycles. The fraction of sp³-hybridized carbons (Fsp3) is 0.579. The maximum absolute atomic E-state index is 12.2. The molecule has 3 atom stereocenters. The van der Waals surface area contributed by atoms with Crippen molar-refractivity contribution >= 4 is 17.5 Å². The van der Waals surface area contributed by atoms with E-state index in [0.717, 1.165) is 17.7 Å². The summed E-state index contributed by atoms with van der Waals surface area (Å²) in [5, 5.41) is 5.96.